The molecular formula is C26H23NO5S2. The minimum absolute atomic E-state index is 0.0328. The fraction of sp³-hybridized carbons (Fsp3) is 0.115. The van der Waals surface area contributed by atoms with Crippen LogP contribution in [0.1, 0.15) is 11.1 Å². The van der Waals surface area contributed by atoms with Gasteiger partial charge in [0.25, 0.3) is 10.0 Å². The third kappa shape index (κ3) is 5.18. The van der Waals surface area contributed by atoms with Crippen LogP contribution in [0, 0.1) is 6.92 Å². The van der Waals surface area contributed by atoms with Crippen molar-refractivity contribution in [3.8, 4) is 5.75 Å². The number of hydrogen-bond acceptors (Lipinski definition) is 6. The number of nitrogens with zero attached hydrogens (tertiary/aromatic N) is 1. The maximum absolute atomic E-state index is 13.6. The molecule has 34 heavy (non-hydrogen) atoms. The van der Waals surface area contributed by atoms with Gasteiger partial charge in [-0.05, 0) is 43.2 Å². The Balaban J connectivity index is 1.69. The Morgan fingerprint density at radius 3 is 2.15 bits per heavy atom. The molecule has 4 rings (SSSR count). The largest absolute Gasteiger partial charge is 0.506 e. The Morgan fingerprint density at radius 1 is 0.912 bits per heavy atom. The van der Waals surface area contributed by atoms with Crippen LogP contribution >= 0.6 is 11.8 Å². The molecule has 0 saturated heterocycles. The van der Waals surface area contributed by atoms with Gasteiger partial charge in [-0.25, -0.2) is 17.5 Å². The summed E-state index contributed by atoms with van der Waals surface area (Å²) >= 11 is 1.17. The molecule has 0 fully saturated rings. The Morgan fingerprint density at radius 2 is 1.53 bits per heavy atom. The first-order chi connectivity index (χ1) is 16.4. The summed E-state index contributed by atoms with van der Waals surface area (Å²) in [7, 11) is -4.14. The Hall–Kier alpha value is -3.49. The Bertz CT molecular complexity index is 1420. The number of rotatable bonds is 8. The Labute approximate surface area is 202 Å². The molecule has 6 nitrogen and oxygen atoms in total. The molecule has 0 unspecified atom stereocenters. The van der Waals surface area contributed by atoms with Crippen molar-refractivity contribution in [2.45, 2.75) is 23.1 Å². The van der Waals surface area contributed by atoms with Crippen molar-refractivity contribution in [2.75, 3.05) is 10.1 Å². The van der Waals surface area contributed by atoms with Crippen LogP contribution in [0.5, 0.6) is 5.75 Å². The van der Waals surface area contributed by atoms with E-state index in [1.807, 2.05) is 37.3 Å². The van der Waals surface area contributed by atoms with Gasteiger partial charge in [0.05, 0.1) is 10.6 Å². The molecular weight excluding hydrogens is 470 g/mol. The molecule has 0 spiro atoms. The van der Waals surface area contributed by atoms with Crippen molar-refractivity contribution in [2.24, 2.45) is 0 Å². The number of anilines is 2. The molecule has 0 saturated carbocycles. The summed E-state index contributed by atoms with van der Waals surface area (Å²) in [4.78, 5) is 12.9. The van der Waals surface area contributed by atoms with E-state index in [0.717, 1.165) is 15.4 Å². The maximum Gasteiger partial charge on any atom is 0.355 e. The maximum atomic E-state index is 13.6. The highest BCUT2D eigenvalue weighted by atomic mass is 32.2. The number of para-hydroxylation sites is 1. The van der Waals surface area contributed by atoms with E-state index in [-0.39, 0.29) is 27.1 Å². The van der Waals surface area contributed by atoms with Gasteiger partial charge in [0.2, 0.25) is 5.88 Å². The fourth-order valence-corrected chi connectivity index (χ4v) is 5.70. The van der Waals surface area contributed by atoms with Gasteiger partial charge >= 0.3 is 5.63 Å². The van der Waals surface area contributed by atoms with Crippen LogP contribution in [0.3, 0.4) is 0 Å². The molecule has 0 atom stereocenters. The predicted octanol–water partition coefficient (Wildman–Crippen LogP) is 5.52. The minimum atomic E-state index is -4.14. The molecule has 1 aromatic heterocycles. The molecule has 0 aliphatic rings. The van der Waals surface area contributed by atoms with Gasteiger partial charge in [-0.15, -0.1) is 11.8 Å². The molecule has 3 aromatic carbocycles. The van der Waals surface area contributed by atoms with Gasteiger partial charge in [0.15, 0.2) is 0 Å². The number of benzene rings is 3. The van der Waals surface area contributed by atoms with Gasteiger partial charge < -0.3 is 9.52 Å². The van der Waals surface area contributed by atoms with Crippen LogP contribution in [0.25, 0.3) is 0 Å². The second-order valence-electron chi connectivity index (χ2n) is 7.59. The van der Waals surface area contributed by atoms with Crippen LogP contribution in [-0.4, -0.2) is 19.3 Å². The van der Waals surface area contributed by atoms with E-state index in [4.69, 9.17) is 4.42 Å². The van der Waals surface area contributed by atoms with Crippen molar-refractivity contribution in [3.63, 3.8) is 0 Å². The number of thioether (sulfide) groups is 1. The Kier molecular flexibility index (Phi) is 7.09. The zero-order valence-electron chi connectivity index (χ0n) is 18.4. The van der Waals surface area contributed by atoms with Crippen molar-refractivity contribution >= 4 is 33.4 Å². The lowest BCUT2D eigenvalue weighted by molar-refractivity contribution is 0.429. The van der Waals surface area contributed by atoms with Gasteiger partial charge in [-0.2, -0.15) is 0 Å². The highest BCUT2D eigenvalue weighted by Crippen LogP contribution is 2.36. The van der Waals surface area contributed by atoms with Crippen molar-refractivity contribution < 1.29 is 17.9 Å². The van der Waals surface area contributed by atoms with E-state index in [1.54, 1.807) is 42.5 Å². The highest BCUT2D eigenvalue weighted by molar-refractivity contribution is 7.99. The van der Waals surface area contributed by atoms with E-state index < -0.39 is 15.6 Å². The first-order valence-electron chi connectivity index (χ1n) is 10.6. The summed E-state index contributed by atoms with van der Waals surface area (Å²) in [5, 5.41) is 10.6. The van der Waals surface area contributed by atoms with E-state index >= 15 is 0 Å². The summed E-state index contributed by atoms with van der Waals surface area (Å²) in [6, 6.07) is 25.6. The average Bonchev–Trinajstić information content (AvgIpc) is 2.82. The first kappa shape index (κ1) is 23.7. The van der Waals surface area contributed by atoms with Gasteiger partial charge in [-0.1, -0.05) is 66.2 Å². The number of aromatic hydroxyl groups is 1. The first-order valence-corrected chi connectivity index (χ1v) is 13.0. The summed E-state index contributed by atoms with van der Waals surface area (Å²) < 4.78 is 33.5. The monoisotopic (exact) mass is 493 g/mol. The lowest BCUT2D eigenvalue weighted by Crippen LogP contribution is -2.27. The third-order valence-corrected chi connectivity index (χ3v) is 7.92. The van der Waals surface area contributed by atoms with Crippen molar-refractivity contribution in [1.82, 2.24) is 0 Å². The average molecular weight is 494 g/mol. The van der Waals surface area contributed by atoms with Crippen molar-refractivity contribution in [3.05, 3.63) is 113 Å². The van der Waals surface area contributed by atoms with Gasteiger partial charge in [0, 0.05) is 11.8 Å². The molecule has 0 radical (unpaired) electrons. The molecule has 8 heteroatoms. The van der Waals surface area contributed by atoms with Crippen LogP contribution in [0.2, 0.25) is 0 Å². The SMILES string of the molecule is Cc1ccc(S(=O)(=O)N(c2ccccc2)c2cc(O)c(SCCc3ccccc3)c(=O)o2)cc1. The molecule has 1 heterocycles. The van der Waals surface area contributed by atoms with Crippen LogP contribution in [-0.2, 0) is 16.4 Å². The molecule has 0 aliphatic carbocycles. The smallest absolute Gasteiger partial charge is 0.355 e. The summed E-state index contributed by atoms with van der Waals surface area (Å²) in [6.45, 7) is 1.86. The topological polar surface area (TPSA) is 87.8 Å². The van der Waals surface area contributed by atoms with Crippen LogP contribution in [0.15, 0.2) is 110 Å². The summed E-state index contributed by atoms with van der Waals surface area (Å²) in [6.07, 6.45) is 0.698. The van der Waals surface area contributed by atoms with E-state index in [1.165, 1.54) is 30.0 Å². The number of aryl methyl sites for hydroxylation is 2. The fourth-order valence-electron chi connectivity index (χ4n) is 3.37. The van der Waals surface area contributed by atoms with E-state index in [9.17, 15) is 18.3 Å². The number of sulfonamides is 1. The van der Waals surface area contributed by atoms with Gasteiger partial charge in [-0.3, -0.25) is 0 Å². The lowest BCUT2D eigenvalue weighted by Gasteiger charge is -2.23. The molecule has 1 N–H and O–H groups in total. The van der Waals surface area contributed by atoms with E-state index in [0.29, 0.717) is 12.2 Å². The zero-order valence-corrected chi connectivity index (χ0v) is 20.1. The molecule has 0 amide bonds. The molecule has 0 bridgehead atoms. The second-order valence-corrected chi connectivity index (χ2v) is 10.5. The molecule has 174 valence electrons. The summed E-state index contributed by atoms with van der Waals surface area (Å²) in [5.41, 5.74) is 1.49. The minimum Gasteiger partial charge on any atom is -0.506 e. The summed E-state index contributed by atoms with van der Waals surface area (Å²) in [5.74, 6) is -0.0720. The van der Waals surface area contributed by atoms with Crippen LogP contribution in [0.4, 0.5) is 11.6 Å². The number of hydrogen-bond donors (Lipinski definition) is 1. The lowest BCUT2D eigenvalue weighted by atomic mass is 10.2. The van der Waals surface area contributed by atoms with Crippen LogP contribution < -0.4 is 9.93 Å². The van der Waals surface area contributed by atoms with Crippen molar-refractivity contribution in [1.29, 1.82) is 0 Å². The third-order valence-electron chi connectivity index (χ3n) is 5.11. The van der Waals surface area contributed by atoms with E-state index in [2.05, 4.69) is 0 Å². The quantitative estimate of drug-likeness (QED) is 0.326. The van der Waals surface area contributed by atoms with Gasteiger partial charge in [0.1, 0.15) is 10.6 Å². The molecule has 4 aromatic rings. The normalized spacial score (nSPS) is 11.3. The standard InChI is InChI=1S/C26H23NO5S2/c1-19-12-14-22(15-13-19)34(30,31)27(21-10-6-3-7-11-21)24-18-23(28)25(26(29)32-24)33-17-16-20-8-4-2-5-9-20/h2-15,18,28H,16-17H2,1H3. The highest BCUT2D eigenvalue weighted by Gasteiger charge is 2.30. The predicted molar refractivity (Wildman–Crippen MR) is 134 cm³/mol. The molecule has 0 aliphatic heterocycles. The second kappa shape index (κ2) is 10.2. The zero-order chi connectivity index (χ0) is 24.1.